The molecule has 1 N–H and O–H groups in total. The van der Waals surface area contributed by atoms with Gasteiger partial charge in [0.05, 0.1) is 28.4 Å². The Morgan fingerprint density at radius 2 is 1.82 bits per heavy atom. The number of aryl methyl sites for hydroxylation is 1. The zero-order valence-corrected chi connectivity index (χ0v) is 22.1. The molecule has 38 heavy (non-hydrogen) atoms. The van der Waals surface area contributed by atoms with E-state index >= 15 is 0 Å². The van der Waals surface area contributed by atoms with Gasteiger partial charge in [0, 0.05) is 12.6 Å². The van der Waals surface area contributed by atoms with E-state index in [0.717, 1.165) is 5.56 Å². The van der Waals surface area contributed by atoms with Crippen LogP contribution in [0.1, 0.15) is 25.8 Å². The first-order chi connectivity index (χ1) is 18.6. The van der Waals surface area contributed by atoms with Crippen LogP contribution in [-0.2, 0) is 17.8 Å². The minimum atomic E-state index is -0.481. The Hall–Kier alpha value is -3.98. The Morgan fingerprint density at radius 1 is 1.08 bits per heavy atom. The number of para-hydroxylation sites is 2. The second-order valence-electron chi connectivity index (χ2n) is 8.74. The lowest BCUT2D eigenvalue weighted by Crippen LogP contribution is -2.28. The Morgan fingerprint density at radius 3 is 2.58 bits per heavy atom. The van der Waals surface area contributed by atoms with Crippen molar-refractivity contribution in [2.45, 2.75) is 43.6 Å². The van der Waals surface area contributed by atoms with Crippen molar-refractivity contribution >= 4 is 34.3 Å². The number of thioether (sulfide) groups is 1. The lowest BCUT2D eigenvalue weighted by atomic mass is 10.1. The Labute approximate surface area is 224 Å². The summed E-state index contributed by atoms with van der Waals surface area (Å²) < 4.78 is 18.3. The molecule has 0 unspecified atom stereocenters. The van der Waals surface area contributed by atoms with E-state index in [0.29, 0.717) is 65.0 Å². The highest BCUT2D eigenvalue weighted by Gasteiger charge is 2.24. The number of anilines is 1. The number of ether oxygens (including phenoxy) is 3. The highest BCUT2D eigenvalue weighted by atomic mass is 32.2. The molecule has 2 heterocycles. The van der Waals surface area contributed by atoms with Crippen molar-refractivity contribution in [1.29, 1.82) is 0 Å². The first-order valence-corrected chi connectivity index (χ1v) is 13.5. The number of rotatable bonds is 10. The molecule has 3 aromatic carbocycles. The minimum Gasteiger partial charge on any atom is -0.492 e. The SMILES string of the molecule is CCOc1ccccc1NC(=O)[C@H](CC)Sc1nc2cc3c(cc2c(=O)n1CCc1ccccc1)OCO3. The summed E-state index contributed by atoms with van der Waals surface area (Å²) in [5, 5.41) is 3.45. The van der Waals surface area contributed by atoms with Crippen molar-refractivity contribution in [3.05, 3.63) is 82.6 Å². The standard InChI is InChI=1S/C29H29N3O5S/c1-3-26(27(33)30-21-12-8-9-13-23(21)35-4-2)38-29-31-22-17-25-24(36-18-37-25)16-20(22)28(34)32(29)15-14-19-10-6-5-7-11-19/h5-13,16-17,26H,3-4,14-15,18H2,1-2H3,(H,30,33)/t26-/m0/s1. The maximum absolute atomic E-state index is 13.7. The highest BCUT2D eigenvalue weighted by molar-refractivity contribution is 8.00. The van der Waals surface area contributed by atoms with E-state index in [1.807, 2.05) is 68.4 Å². The van der Waals surface area contributed by atoms with E-state index in [2.05, 4.69) is 5.32 Å². The summed E-state index contributed by atoms with van der Waals surface area (Å²) in [7, 11) is 0. The molecule has 5 rings (SSSR count). The topological polar surface area (TPSA) is 91.7 Å². The van der Waals surface area contributed by atoms with Crippen molar-refractivity contribution in [2.75, 3.05) is 18.7 Å². The van der Waals surface area contributed by atoms with Gasteiger partial charge in [0.25, 0.3) is 5.56 Å². The summed E-state index contributed by atoms with van der Waals surface area (Å²) >= 11 is 1.29. The molecule has 0 saturated carbocycles. The molecule has 1 aliphatic heterocycles. The van der Waals surface area contributed by atoms with Crippen molar-refractivity contribution in [3.63, 3.8) is 0 Å². The molecule has 196 valence electrons. The zero-order valence-electron chi connectivity index (χ0n) is 21.3. The number of amides is 1. The smallest absolute Gasteiger partial charge is 0.262 e. The predicted molar refractivity (Wildman–Crippen MR) is 148 cm³/mol. The average Bonchev–Trinajstić information content (AvgIpc) is 3.39. The number of carbonyl (C=O) groups is 1. The first kappa shape index (κ1) is 25.7. The van der Waals surface area contributed by atoms with Crippen LogP contribution in [0.5, 0.6) is 17.2 Å². The summed E-state index contributed by atoms with van der Waals surface area (Å²) in [4.78, 5) is 31.9. The van der Waals surface area contributed by atoms with Crippen LogP contribution in [0.4, 0.5) is 5.69 Å². The monoisotopic (exact) mass is 531 g/mol. The van der Waals surface area contributed by atoms with Gasteiger partial charge < -0.3 is 19.5 Å². The maximum atomic E-state index is 13.7. The Bertz CT molecular complexity index is 1510. The van der Waals surface area contributed by atoms with Gasteiger partial charge in [0.2, 0.25) is 12.7 Å². The van der Waals surface area contributed by atoms with Gasteiger partial charge in [-0.25, -0.2) is 4.98 Å². The first-order valence-electron chi connectivity index (χ1n) is 12.6. The molecule has 8 nitrogen and oxygen atoms in total. The molecule has 0 spiro atoms. The third-order valence-corrected chi connectivity index (χ3v) is 7.59. The average molecular weight is 532 g/mol. The molecule has 9 heteroatoms. The van der Waals surface area contributed by atoms with E-state index in [-0.39, 0.29) is 18.3 Å². The molecule has 1 amide bonds. The van der Waals surface area contributed by atoms with Crippen LogP contribution in [0.15, 0.2) is 76.7 Å². The molecule has 1 aliphatic rings. The molecule has 0 saturated heterocycles. The fourth-order valence-corrected chi connectivity index (χ4v) is 5.32. The van der Waals surface area contributed by atoms with Gasteiger partial charge in [0.1, 0.15) is 5.75 Å². The number of nitrogens with zero attached hydrogens (tertiary/aromatic N) is 2. The van der Waals surface area contributed by atoms with E-state index in [9.17, 15) is 9.59 Å². The lowest BCUT2D eigenvalue weighted by molar-refractivity contribution is -0.115. The summed E-state index contributed by atoms with van der Waals surface area (Å²) in [6, 6.07) is 20.7. The van der Waals surface area contributed by atoms with Gasteiger partial charge in [-0.15, -0.1) is 0 Å². The molecule has 1 atom stereocenters. The normalized spacial score (nSPS) is 12.9. The van der Waals surface area contributed by atoms with Crippen LogP contribution in [-0.4, -0.2) is 34.1 Å². The van der Waals surface area contributed by atoms with Gasteiger partial charge in [-0.3, -0.25) is 14.2 Å². The van der Waals surface area contributed by atoms with Crippen LogP contribution in [0.3, 0.4) is 0 Å². The summed E-state index contributed by atoms with van der Waals surface area (Å²) in [5.74, 6) is 1.52. The maximum Gasteiger partial charge on any atom is 0.262 e. The number of fused-ring (bicyclic) bond motifs is 2. The van der Waals surface area contributed by atoms with Crippen LogP contribution in [0, 0.1) is 0 Å². The largest absolute Gasteiger partial charge is 0.492 e. The molecule has 0 radical (unpaired) electrons. The van der Waals surface area contributed by atoms with Gasteiger partial charge in [-0.1, -0.05) is 61.2 Å². The van der Waals surface area contributed by atoms with Crippen LogP contribution in [0.25, 0.3) is 10.9 Å². The van der Waals surface area contributed by atoms with Crippen molar-refractivity contribution in [2.24, 2.45) is 0 Å². The van der Waals surface area contributed by atoms with Crippen LogP contribution < -0.4 is 25.1 Å². The van der Waals surface area contributed by atoms with Gasteiger partial charge in [-0.05, 0) is 43.5 Å². The number of aromatic nitrogens is 2. The molecule has 1 aromatic heterocycles. The fraction of sp³-hybridized carbons (Fsp3) is 0.276. The van der Waals surface area contributed by atoms with E-state index in [4.69, 9.17) is 19.2 Å². The Balaban J connectivity index is 1.48. The highest BCUT2D eigenvalue weighted by Crippen LogP contribution is 2.36. The van der Waals surface area contributed by atoms with Crippen LogP contribution >= 0.6 is 11.8 Å². The van der Waals surface area contributed by atoms with Crippen LogP contribution in [0.2, 0.25) is 0 Å². The van der Waals surface area contributed by atoms with Gasteiger partial charge in [-0.2, -0.15) is 0 Å². The molecule has 0 bridgehead atoms. The fourth-order valence-electron chi connectivity index (χ4n) is 4.28. The summed E-state index contributed by atoms with van der Waals surface area (Å²) in [6.45, 7) is 4.86. The molecule has 0 aliphatic carbocycles. The summed E-state index contributed by atoms with van der Waals surface area (Å²) in [5.41, 5.74) is 2.05. The third-order valence-electron chi connectivity index (χ3n) is 6.24. The van der Waals surface area contributed by atoms with E-state index in [1.165, 1.54) is 11.8 Å². The second kappa shape index (κ2) is 11.6. The number of nitrogens with one attached hydrogen (secondary N) is 1. The van der Waals surface area contributed by atoms with Crippen molar-refractivity contribution < 1.29 is 19.0 Å². The number of carbonyl (C=O) groups excluding carboxylic acids is 1. The number of hydrogen-bond donors (Lipinski definition) is 1. The third kappa shape index (κ3) is 5.47. The van der Waals surface area contributed by atoms with Gasteiger partial charge in [0.15, 0.2) is 16.7 Å². The molecule has 4 aromatic rings. The molecule has 0 fully saturated rings. The zero-order chi connectivity index (χ0) is 26.5. The summed E-state index contributed by atoms with van der Waals surface area (Å²) in [6.07, 6.45) is 1.19. The predicted octanol–water partition coefficient (Wildman–Crippen LogP) is 5.28. The van der Waals surface area contributed by atoms with Crippen molar-refractivity contribution in [3.8, 4) is 17.2 Å². The van der Waals surface area contributed by atoms with Gasteiger partial charge >= 0.3 is 0 Å². The van der Waals surface area contributed by atoms with E-state index < -0.39 is 5.25 Å². The second-order valence-corrected chi connectivity index (χ2v) is 9.91. The quantitative estimate of drug-likeness (QED) is 0.220. The van der Waals surface area contributed by atoms with E-state index in [1.54, 1.807) is 16.7 Å². The number of benzene rings is 3. The minimum absolute atomic E-state index is 0.108. The molecular formula is C29H29N3O5S. The van der Waals surface area contributed by atoms with Crippen molar-refractivity contribution in [1.82, 2.24) is 9.55 Å². The Kier molecular flexibility index (Phi) is 7.83. The number of hydrogen-bond acceptors (Lipinski definition) is 7. The molecular weight excluding hydrogens is 502 g/mol. The lowest BCUT2D eigenvalue weighted by Gasteiger charge is -2.19.